The molecule has 0 spiro atoms. The number of para-hydroxylation sites is 1. The van der Waals surface area contributed by atoms with Crippen LogP contribution in [0.15, 0.2) is 53.5 Å². The van der Waals surface area contributed by atoms with Crippen LogP contribution in [0.25, 0.3) is 0 Å². The summed E-state index contributed by atoms with van der Waals surface area (Å²) in [5.41, 5.74) is 5.54. The Kier molecular flexibility index (Phi) is 8.28. The number of rotatable bonds is 8. The Morgan fingerprint density at radius 3 is 2.62 bits per heavy atom. The number of hydrogen-bond acceptors (Lipinski definition) is 7. The first-order valence-corrected chi connectivity index (χ1v) is 13.9. The van der Waals surface area contributed by atoms with Gasteiger partial charge in [0.2, 0.25) is 5.91 Å². The summed E-state index contributed by atoms with van der Waals surface area (Å²) in [7, 11) is 1.60. The molecule has 0 saturated carbocycles. The van der Waals surface area contributed by atoms with Crippen LogP contribution >= 0.6 is 0 Å². The lowest BCUT2D eigenvalue weighted by Gasteiger charge is -2.43. The first kappa shape index (κ1) is 29.6. The smallest absolute Gasteiger partial charge is 0.251 e. The van der Waals surface area contributed by atoms with Gasteiger partial charge in [-0.05, 0) is 76.3 Å². The van der Waals surface area contributed by atoms with Gasteiger partial charge in [0.05, 0.1) is 24.0 Å². The Hall–Kier alpha value is -3.43. The van der Waals surface area contributed by atoms with E-state index in [0.717, 1.165) is 11.1 Å². The van der Waals surface area contributed by atoms with Gasteiger partial charge in [-0.2, -0.15) is 0 Å². The van der Waals surface area contributed by atoms with Gasteiger partial charge in [-0.25, -0.2) is 4.99 Å². The van der Waals surface area contributed by atoms with Gasteiger partial charge in [0.25, 0.3) is 5.91 Å². The zero-order valence-electron chi connectivity index (χ0n) is 24.4. The standard InChI is InChI=1S/C31H42N4O5/c1-7-30(4)19-26(36)35(28(32)34-30)23(15-16-39-6)20-12-10-13-22(17-20)27(37)33-25-18-21-11-8-9-14-24(21)40-29(2,3)31(25,5)38/h8-14,17,23,25,38H,7,15-16,18-19H2,1-6H3,(H2,32,34)(H,33,37)/t23-,25?,30-,31?/m1/s1. The minimum atomic E-state index is -1.38. The third-order valence-electron chi connectivity index (χ3n) is 8.60. The summed E-state index contributed by atoms with van der Waals surface area (Å²) in [6.45, 7) is 9.64. The number of carbonyl (C=O) groups excluding carboxylic acids is 2. The number of ether oxygens (including phenoxy) is 2. The molecule has 2 heterocycles. The number of aliphatic hydroxyl groups is 1. The van der Waals surface area contributed by atoms with Gasteiger partial charge in [-0.1, -0.05) is 37.3 Å². The lowest BCUT2D eigenvalue weighted by Crippen LogP contribution is -2.63. The number of nitrogens with one attached hydrogen (secondary N) is 1. The van der Waals surface area contributed by atoms with Crippen LogP contribution in [0.5, 0.6) is 5.75 Å². The van der Waals surface area contributed by atoms with Crippen molar-refractivity contribution < 1.29 is 24.2 Å². The third kappa shape index (κ3) is 5.71. The van der Waals surface area contributed by atoms with Crippen LogP contribution in [0.4, 0.5) is 0 Å². The van der Waals surface area contributed by atoms with Crippen molar-refractivity contribution in [3.8, 4) is 5.75 Å². The number of hydrogen-bond donors (Lipinski definition) is 3. The van der Waals surface area contributed by atoms with Crippen LogP contribution in [0.3, 0.4) is 0 Å². The molecular weight excluding hydrogens is 508 g/mol. The van der Waals surface area contributed by atoms with Gasteiger partial charge in [0, 0.05) is 19.3 Å². The number of benzene rings is 2. The van der Waals surface area contributed by atoms with E-state index in [9.17, 15) is 14.7 Å². The number of carbonyl (C=O) groups is 2. The van der Waals surface area contributed by atoms with Crippen molar-refractivity contribution in [1.82, 2.24) is 10.2 Å². The van der Waals surface area contributed by atoms with Crippen LogP contribution in [0, 0.1) is 0 Å². The second kappa shape index (κ2) is 11.2. The Labute approximate surface area is 236 Å². The largest absolute Gasteiger partial charge is 0.484 e. The highest BCUT2D eigenvalue weighted by Gasteiger charge is 2.50. The van der Waals surface area contributed by atoms with E-state index in [1.54, 1.807) is 32.2 Å². The highest BCUT2D eigenvalue weighted by Crippen LogP contribution is 2.38. The average Bonchev–Trinajstić information content (AvgIpc) is 2.97. The molecule has 2 amide bonds. The van der Waals surface area contributed by atoms with E-state index in [2.05, 4.69) is 10.3 Å². The van der Waals surface area contributed by atoms with E-state index in [0.29, 0.717) is 37.2 Å². The summed E-state index contributed by atoms with van der Waals surface area (Å²) in [6.07, 6.45) is 1.83. The van der Waals surface area contributed by atoms with E-state index in [1.807, 2.05) is 58.0 Å². The van der Waals surface area contributed by atoms with Crippen molar-refractivity contribution in [2.24, 2.45) is 10.7 Å². The van der Waals surface area contributed by atoms with Crippen molar-refractivity contribution in [1.29, 1.82) is 0 Å². The molecule has 0 bridgehead atoms. The number of aliphatic imine (C=N–C) groups is 1. The van der Waals surface area contributed by atoms with Crippen LogP contribution in [-0.2, 0) is 16.0 Å². The first-order valence-electron chi connectivity index (χ1n) is 13.9. The van der Waals surface area contributed by atoms with Gasteiger partial charge in [-0.15, -0.1) is 0 Å². The maximum atomic E-state index is 13.6. The zero-order chi connectivity index (χ0) is 29.3. The monoisotopic (exact) mass is 550 g/mol. The Morgan fingerprint density at radius 1 is 1.23 bits per heavy atom. The van der Waals surface area contributed by atoms with Crippen molar-refractivity contribution in [3.63, 3.8) is 0 Å². The molecule has 0 radical (unpaired) electrons. The summed E-state index contributed by atoms with van der Waals surface area (Å²) >= 11 is 0. The molecule has 2 aliphatic heterocycles. The topological polar surface area (TPSA) is 126 Å². The summed E-state index contributed by atoms with van der Waals surface area (Å²) < 4.78 is 11.5. The number of fused-ring (bicyclic) bond motifs is 1. The van der Waals surface area contributed by atoms with Crippen molar-refractivity contribution in [3.05, 3.63) is 65.2 Å². The maximum Gasteiger partial charge on any atom is 0.251 e. The molecule has 4 N–H and O–H groups in total. The van der Waals surface area contributed by atoms with Crippen LogP contribution in [0.1, 0.15) is 81.4 Å². The second-order valence-corrected chi connectivity index (χ2v) is 11.8. The number of nitrogens with zero attached hydrogens (tertiary/aromatic N) is 2. The molecule has 2 aliphatic rings. The Morgan fingerprint density at radius 2 is 1.95 bits per heavy atom. The molecule has 2 aromatic carbocycles. The highest BCUT2D eigenvalue weighted by atomic mass is 16.5. The summed E-state index contributed by atoms with van der Waals surface area (Å²) in [5.74, 6) is 0.422. The molecule has 4 rings (SSSR count). The molecule has 9 heteroatoms. The molecule has 9 nitrogen and oxygen atoms in total. The maximum absolute atomic E-state index is 13.6. The molecule has 2 unspecified atom stereocenters. The first-order chi connectivity index (χ1) is 18.8. The number of amides is 2. The summed E-state index contributed by atoms with van der Waals surface area (Å²) in [6, 6.07) is 13.7. The lowest BCUT2D eigenvalue weighted by atomic mass is 9.79. The quantitative estimate of drug-likeness (QED) is 0.460. The third-order valence-corrected chi connectivity index (χ3v) is 8.60. The van der Waals surface area contributed by atoms with Gasteiger partial charge < -0.3 is 25.6 Å². The van der Waals surface area contributed by atoms with E-state index >= 15 is 0 Å². The van der Waals surface area contributed by atoms with Crippen LogP contribution in [-0.4, -0.2) is 64.3 Å². The fraction of sp³-hybridized carbons (Fsp3) is 0.516. The molecule has 0 saturated heterocycles. The summed E-state index contributed by atoms with van der Waals surface area (Å²) in [4.78, 5) is 33.1. The fourth-order valence-electron chi connectivity index (χ4n) is 5.43. The molecule has 216 valence electrons. The number of nitrogens with two attached hydrogens (primary N) is 1. The van der Waals surface area contributed by atoms with Gasteiger partial charge >= 0.3 is 0 Å². The fourth-order valence-corrected chi connectivity index (χ4v) is 5.43. The van der Waals surface area contributed by atoms with E-state index in [-0.39, 0.29) is 24.2 Å². The van der Waals surface area contributed by atoms with Gasteiger partial charge in [-0.3, -0.25) is 14.5 Å². The molecule has 0 fully saturated rings. The second-order valence-electron chi connectivity index (χ2n) is 11.8. The normalized spacial score (nSPS) is 26.7. The predicted octanol–water partition coefficient (Wildman–Crippen LogP) is 3.74. The molecule has 0 aliphatic carbocycles. The van der Waals surface area contributed by atoms with Crippen molar-refractivity contribution in [2.75, 3.05) is 13.7 Å². The van der Waals surface area contributed by atoms with Crippen LogP contribution < -0.4 is 15.8 Å². The van der Waals surface area contributed by atoms with Crippen molar-refractivity contribution in [2.45, 2.75) is 89.1 Å². The minimum absolute atomic E-state index is 0.108. The average molecular weight is 551 g/mol. The lowest BCUT2D eigenvalue weighted by molar-refractivity contribution is -0.131. The van der Waals surface area contributed by atoms with E-state index in [1.165, 1.54) is 4.90 Å². The number of guanidine groups is 1. The molecule has 2 aromatic rings. The van der Waals surface area contributed by atoms with Gasteiger partial charge in [0.1, 0.15) is 17.0 Å². The minimum Gasteiger partial charge on any atom is -0.484 e. The van der Waals surface area contributed by atoms with Crippen LogP contribution in [0.2, 0.25) is 0 Å². The SMILES string of the molecule is CC[C@]1(C)CC(=O)N([C@H](CCOC)c2cccc(C(=O)NC3Cc4ccccc4OC(C)(C)C3(C)O)c2)C(N)=N1. The Balaban J connectivity index is 1.64. The number of methoxy groups -OCH3 is 1. The summed E-state index contributed by atoms with van der Waals surface area (Å²) in [5, 5.41) is 14.7. The van der Waals surface area contributed by atoms with E-state index in [4.69, 9.17) is 15.2 Å². The molecular formula is C31H42N4O5. The molecule has 0 aromatic heterocycles. The van der Waals surface area contributed by atoms with Crippen molar-refractivity contribution >= 4 is 17.8 Å². The van der Waals surface area contributed by atoms with Gasteiger partial charge in [0.15, 0.2) is 5.96 Å². The molecule has 40 heavy (non-hydrogen) atoms. The molecule has 4 atom stereocenters. The van der Waals surface area contributed by atoms with E-state index < -0.39 is 28.8 Å². The zero-order valence-corrected chi connectivity index (χ0v) is 24.4. The predicted molar refractivity (Wildman–Crippen MR) is 154 cm³/mol. The Bertz CT molecular complexity index is 1290. The highest BCUT2D eigenvalue weighted by molar-refractivity contribution is 5.99.